The molecule has 2 aliphatic heterocycles. The molecule has 2 N–H and O–H groups in total. The minimum absolute atomic E-state index is 0.107. The van der Waals surface area contributed by atoms with Gasteiger partial charge in [-0.3, -0.25) is 4.79 Å². The molecule has 1 aromatic heterocycles. The van der Waals surface area contributed by atoms with Crippen LogP contribution in [0.3, 0.4) is 0 Å². The van der Waals surface area contributed by atoms with Crippen LogP contribution in [0.4, 0.5) is 13.6 Å². The number of nitrogens with zero attached hydrogens (tertiary/aromatic N) is 2. The van der Waals surface area contributed by atoms with Crippen LogP contribution < -0.4 is 10.1 Å². The van der Waals surface area contributed by atoms with Gasteiger partial charge in [-0.2, -0.15) is 0 Å². The first kappa shape index (κ1) is 27.6. The lowest BCUT2D eigenvalue weighted by molar-refractivity contribution is 0.0947. The highest BCUT2D eigenvalue weighted by Crippen LogP contribution is 2.39. The number of carbonyl (C=O) groups is 2. The van der Waals surface area contributed by atoms with Gasteiger partial charge in [0.25, 0.3) is 12.3 Å². The van der Waals surface area contributed by atoms with Crippen molar-refractivity contribution in [3.8, 4) is 22.1 Å². The van der Waals surface area contributed by atoms with Gasteiger partial charge in [-0.1, -0.05) is 23.7 Å². The number of benzene rings is 2. The van der Waals surface area contributed by atoms with Crippen molar-refractivity contribution in [1.29, 1.82) is 0 Å². The Morgan fingerprint density at radius 3 is 2.74 bits per heavy atom. The summed E-state index contributed by atoms with van der Waals surface area (Å²) in [6.07, 6.45) is 1.83. The molecule has 1 atom stereocenters. The zero-order chi connectivity index (χ0) is 27.2. The van der Waals surface area contributed by atoms with Crippen LogP contribution in [0.25, 0.3) is 10.6 Å². The van der Waals surface area contributed by atoms with Crippen LogP contribution in [0.1, 0.15) is 46.5 Å². The van der Waals surface area contributed by atoms with Gasteiger partial charge in [-0.25, -0.2) is 18.6 Å². The number of aromatic hydroxyl groups is 1. The number of ether oxygens (including phenoxy) is 2. The summed E-state index contributed by atoms with van der Waals surface area (Å²) in [6.45, 7) is 1.79. The molecule has 0 spiro atoms. The molecule has 2 saturated heterocycles. The Hall–Kier alpha value is -3.44. The fraction of sp³-hybridized carbons (Fsp3) is 0.346. The lowest BCUT2D eigenvalue weighted by atomic mass is 10.0. The fourth-order valence-corrected chi connectivity index (χ4v) is 5.07. The number of hydrogen-bond acceptors (Lipinski definition) is 7. The Balaban J connectivity index is 0.000000278. The summed E-state index contributed by atoms with van der Waals surface area (Å²) < 4.78 is 35.7. The number of amides is 2. The van der Waals surface area contributed by atoms with E-state index in [-0.39, 0.29) is 45.1 Å². The highest BCUT2D eigenvalue weighted by atomic mass is 35.5. The zero-order valence-electron chi connectivity index (χ0n) is 20.5. The van der Waals surface area contributed by atoms with Crippen molar-refractivity contribution in [1.82, 2.24) is 15.2 Å². The molecule has 2 fully saturated rings. The number of methoxy groups -OCH3 is 1. The smallest absolute Gasteiger partial charge is 0.410 e. The predicted molar refractivity (Wildman–Crippen MR) is 139 cm³/mol. The molecule has 0 saturated carbocycles. The number of alkyl halides is 2. The summed E-state index contributed by atoms with van der Waals surface area (Å²) in [5.74, 6) is -0.524. The largest absolute Gasteiger partial charge is 0.507 e. The minimum atomic E-state index is -2.65. The number of nitrogens with one attached hydrogen (secondary N) is 1. The molecule has 5 rings (SSSR count). The van der Waals surface area contributed by atoms with Crippen LogP contribution in [-0.4, -0.2) is 53.3 Å². The molecular weight excluding hydrogens is 540 g/mol. The zero-order valence-corrected chi connectivity index (χ0v) is 22.0. The van der Waals surface area contributed by atoms with E-state index in [1.807, 2.05) is 4.90 Å². The Morgan fingerprint density at radius 2 is 2.08 bits per heavy atom. The van der Waals surface area contributed by atoms with Gasteiger partial charge in [0.05, 0.1) is 29.2 Å². The van der Waals surface area contributed by atoms with E-state index in [4.69, 9.17) is 21.1 Å². The molecule has 0 aliphatic carbocycles. The Kier molecular flexibility index (Phi) is 9.01. The summed E-state index contributed by atoms with van der Waals surface area (Å²) in [4.78, 5) is 29.0. The third-order valence-electron chi connectivity index (χ3n) is 6.16. The second-order valence-electron chi connectivity index (χ2n) is 8.67. The van der Waals surface area contributed by atoms with Crippen molar-refractivity contribution in [3.05, 3.63) is 63.6 Å². The van der Waals surface area contributed by atoms with Crippen LogP contribution in [0.2, 0.25) is 5.02 Å². The van der Waals surface area contributed by atoms with Gasteiger partial charge in [-0.15, -0.1) is 11.3 Å². The average molecular weight is 566 g/mol. The van der Waals surface area contributed by atoms with E-state index in [9.17, 15) is 23.5 Å². The summed E-state index contributed by atoms with van der Waals surface area (Å²) in [5.41, 5.74) is 1.17. The SMILES string of the molecule is COc1cc(-c2ncc(C(F)F)s2)c(O)cc1C(=O)NCc1ccc(Cl)cc1.O=C1OCC2CCCCN12. The van der Waals surface area contributed by atoms with Gasteiger partial charge in [0.1, 0.15) is 23.1 Å². The number of halogens is 3. The first-order valence-electron chi connectivity index (χ1n) is 11.9. The van der Waals surface area contributed by atoms with Gasteiger partial charge in [0.15, 0.2) is 0 Å². The van der Waals surface area contributed by atoms with Crippen molar-refractivity contribution in [2.45, 2.75) is 38.3 Å². The molecule has 0 radical (unpaired) electrons. The van der Waals surface area contributed by atoms with Gasteiger partial charge >= 0.3 is 6.09 Å². The Bertz CT molecular complexity index is 1290. The molecule has 0 bridgehead atoms. The summed E-state index contributed by atoms with van der Waals surface area (Å²) in [7, 11) is 1.37. The molecule has 8 nitrogen and oxygen atoms in total. The van der Waals surface area contributed by atoms with E-state index in [0.29, 0.717) is 17.7 Å². The minimum Gasteiger partial charge on any atom is -0.507 e. The molecular formula is C26H26ClF2N3O5S. The van der Waals surface area contributed by atoms with Gasteiger partial charge in [0, 0.05) is 24.3 Å². The fourth-order valence-electron chi connectivity index (χ4n) is 4.14. The van der Waals surface area contributed by atoms with Crippen LogP contribution in [0.5, 0.6) is 11.5 Å². The number of thiazole rings is 1. The number of phenolic OH excluding ortho intramolecular Hbond substituents is 1. The van der Waals surface area contributed by atoms with Crippen molar-refractivity contribution >= 4 is 34.9 Å². The predicted octanol–water partition coefficient (Wildman–Crippen LogP) is 6.04. The number of cyclic esters (lactones) is 1. The second-order valence-corrected chi connectivity index (χ2v) is 10.2. The lowest BCUT2D eigenvalue weighted by Crippen LogP contribution is -2.37. The normalized spacial score (nSPS) is 16.4. The van der Waals surface area contributed by atoms with Crippen LogP contribution in [-0.2, 0) is 11.3 Å². The molecule has 12 heteroatoms. The summed E-state index contributed by atoms with van der Waals surface area (Å²) in [5, 5.41) is 13.8. The maximum absolute atomic E-state index is 12.8. The molecule has 1 unspecified atom stereocenters. The number of piperidine rings is 1. The molecule has 3 heterocycles. The van der Waals surface area contributed by atoms with Crippen LogP contribution >= 0.6 is 22.9 Å². The third kappa shape index (κ3) is 6.51. The first-order valence-corrected chi connectivity index (χ1v) is 13.1. The van der Waals surface area contributed by atoms with Crippen molar-refractivity contribution in [2.75, 3.05) is 20.3 Å². The van der Waals surface area contributed by atoms with Crippen LogP contribution in [0.15, 0.2) is 42.6 Å². The number of fused-ring (bicyclic) bond motifs is 1. The number of aromatic nitrogens is 1. The molecule has 202 valence electrons. The molecule has 3 aromatic rings. The van der Waals surface area contributed by atoms with Gasteiger partial charge in [-0.05, 0) is 49.1 Å². The van der Waals surface area contributed by atoms with Crippen LogP contribution in [0, 0.1) is 0 Å². The summed E-state index contributed by atoms with van der Waals surface area (Å²) in [6, 6.07) is 10.0. The third-order valence-corrected chi connectivity index (χ3v) is 7.45. The maximum atomic E-state index is 12.8. The van der Waals surface area contributed by atoms with E-state index < -0.39 is 12.3 Å². The maximum Gasteiger partial charge on any atom is 0.410 e. The van der Waals surface area contributed by atoms with E-state index in [2.05, 4.69) is 10.3 Å². The molecule has 38 heavy (non-hydrogen) atoms. The van der Waals surface area contributed by atoms with E-state index in [1.165, 1.54) is 25.7 Å². The van der Waals surface area contributed by atoms with E-state index in [0.717, 1.165) is 42.5 Å². The van der Waals surface area contributed by atoms with E-state index in [1.54, 1.807) is 24.3 Å². The number of carbonyl (C=O) groups excluding carboxylic acids is 2. The van der Waals surface area contributed by atoms with Gasteiger partial charge < -0.3 is 24.8 Å². The standard InChI is InChI=1S/C19H15ClF2N2O3S.C7H11NO2/c1-27-15-7-12(19-24-9-16(28-19)17(21)22)14(25)6-13(15)18(26)23-8-10-2-4-11(20)5-3-10;9-7-8-4-2-1-3-6(8)5-10-7/h2-7,9,17,25H,8H2,1H3,(H,23,26);6H,1-5H2. The van der Waals surface area contributed by atoms with Crippen molar-refractivity contribution in [3.63, 3.8) is 0 Å². The number of rotatable bonds is 6. The average Bonchev–Trinajstić information content (AvgIpc) is 3.56. The monoisotopic (exact) mass is 565 g/mol. The number of hydrogen-bond donors (Lipinski definition) is 2. The highest BCUT2D eigenvalue weighted by molar-refractivity contribution is 7.15. The molecule has 2 aromatic carbocycles. The first-order chi connectivity index (χ1) is 18.3. The molecule has 2 aliphatic rings. The topological polar surface area (TPSA) is 101 Å². The quantitative estimate of drug-likeness (QED) is 0.378. The highest BCUT2D eigenvalue weighted by Gasteiger charge is 2.34. The van der Waals surface area contributed by atoms with Crippen molar-refractivity contribution < 1.29 is 33.0 Å². The van der Waals surface area contributed by atoms with Crippen molar-refractivity contribution in [2.24, 2.45) is 0 Å². The van der Waals surface area contributed by atoms with E-state index >= 15 is 0 Å². The number of phenols is 1. The van der Waals surface area contributed by atoms with Gasteiger partial charge in [0.2, 0.25) is 0 Å². The second kappa shape index (κ2) is 12.4. The summed E-state index contributed by atoms with van der Waals surface area (Å²) >= 11 is 6.60. The Morgan fingerprint density at radius 1 is 1.32 bits per heavy atom. The Labute approximate surface area is 227 Å². The molecule has 2 amide bonds. The lowest BCUT2D eigenvalue weighted by Gasteiger charge is -2.25.